The molecule has 2 nitrogen and oxygen atoms in total. The van der Waals surface area contributed by atoms with E-state index in [1.807, 2.05) is 0 Å². The molecule has 1 aromatic heterocycles. The van der Waals surface area contributed by atoms with Crippen LogP contribution in [0.2, 0.25) is 5.02 Å². The lowest BCUT2D eigenvalue weighted by Crippen LogP contribution is -2.07. The van der Waals surface area contributed by atoms with Gasteiger partial charge in [-0.1, -0.05) is 23.7 Å². The summed E-state index contributed by atoms with van der Waals surface area (Å²) >= 11 is 5.51. The van der Waals surface area contributed by atoms with Crippen LogP contribution in [0.1, 0.15) is 5.56 Å². The molecule has 2 rings (SSSR count). The van der Waals surface area contributed by atoms with E-state index >= 15 is 0 Å². The van der Waals surface area contributed by atoms with Gasteiger partial charge in [0.05, 0.1) is 10.6 Å². The predicted molar refractivity (Wildman–Crippen MR) is 62.5 cm³/mol. The van der Waals surface area contributed by atoms with Gasteiger partial charge < -0.3 is 4.98 Å². The van der Waals surface area contributed by atoms with Crippen molar-refractivity contribution >= 4 is 11.6 Å². The zero-order valence-electron chi connectivity index (χ0n) is 8.88. The van der Waals surface area contributed by atoms with E-state index in [9.17, 15) is 18.0 Å². The first-order valence-corrected chi connectivity index (χ1v) is 5.32. The molecule has 0 atom stereocenters. The van der Waals surface area contributed by atoms with Crippen molar-refractivity contribution in [3.63, 3.8) is 0 Å². The molecule has 2 aromatic rings. The Morgan fingerprint density at radius 3 is 2.44 bits per heavy atom. The van der Waals surface area contributed by atoms with Crippen LogP contribution in [-0.2, 0) is 6.18 Å². The third kappa shape index (κ3) is 2.56. The second-order valence-electron chi connectivity index (χ2n) is 3.62. The molecule has 0 saturated heterocycles. The van der Waals surface area contributed by atoms with Gasteiger partial charge in [0.15, 0.2) is 0 Å². The Balaban J connectivity index is 2.58. The molecule has 1 N–H and O–H groups in total. The summed E-state index contributed by atoms with van der Waals surface area (Å²) in [6.45, 7) is 0. The summed E-state index contributed by atoms with van der Waals surface area (Å²) in [5, 5.41) is -0.371. The van der Waals surface area contributed by atoms with Gasteiger partial charge in [-0.25, -0.2) is 0 Å². The molecule has 94 valence electrons. The first kappa shape index (κ1) is 12.7. The highest BCUT2D eigenvalue weighted by atomic mass is 35.5. The van der Waals surface area contributed by atoms with E-state index in [1.54, 1.807) is 0 Å². The molecule has 1 heterocycles. The number of H-pyrrole nitrogens is 1. The Morgan fingerprint density at radius 1 is 1.11 bits per heavy atom. The smallest absolute Gasteiger partial charge is 0.322 e. The molecular weight excluding hydrogens is 267 g/mol. The fourth-order valence-electron chi connectivity index (χ4n) is 1.53. The third-order valence-electron chi connectivity index (χ3n) is 2.35. The molecule has 0 radical (unpaired) electrons. The molecule has 0 aliphatic carbocycles. The molecule has 0 aliphatic rings. The fourth-order valence-corrected chi connectivity index (χ4v) is 1.75. The zero-order valence-corrected chi connectivity index (χ0v) is 9.64. The van der Waals surface area contributed by atoms with E-state index in [2.05, 4.69) is 4.98 Å². The topological polar surface area (TPSA) is 32.9 Å². The lowest BCUT2D eigenvalue weighted by atomic mass is 10.1. The van der Waals surface area contributed by atoms with Crippen LogP contribution in [0.5, 0.6) is 0 Å². The van der Waals surface area contributed by atoms with Crippen LogP contribution in [0.3, 0.4) is 0 Å². The maximum atomic E-state index is 12.7. The van der Waals surface area contributed by atoms with Gasteiger partial charge in [0.25, 0.3) is 0 Å². The molecule has 1 aromatic carbocycles. The molecule has 0 amide bonds. The first-order chi connectivity index (χ1) is 8.38. The zero-order chi connectivity index (χ0) is 13.3. The van der Waals surface area contributed by atoms with Crippen LogP contribution >= 0.6 is 11.6 Å². The third-order valence-corrected chi connectivity index (χ3v) is 2.68. The van der Waals surface area contributed by atoms with Crippen molar-refractivity contribution in [2.24, 2.45) is 0 Å². The highest BCUT2D eigenvalue weighted by Gasteiger charge is 2.33. The summed E-state index contributed by atoms with van der Waals surface area (Å²) in [7, 11) is 0. The van der Waals surface area contributed by atoms with Gasteiger partial charge in [0, 0.05) is 11.8 Å². The number of alkyl halides is 3. The van der Waals surface area contributed by atoms with Crippen LogP contribution < -0.4 is 5.56 Å². The largest absolute Gasteiger partial charge is 0.417 e. The van der Waals surface area contributed by atoms with E-state index in [-0.39, 0.29) is 16.1 Å². The SMILES string of the molecule is O=c1cccc(-c2ccc(Cl)c(C(F)(F)F)c2)[nH]1. The van der Waals surface area contributed by atoms with Gasteiger partial charge in [-0.05, 0) is 23.8 Å². The quantitative estimate of drug-likeness (QED) is 0.844. The predicted octanol–water partition coefficient (Wildman–Crippen LogP) is 3.71. The maximum absolute atomic E-state index is 12.7. The molecule has 18 heavy (non-hydrogen) atoms. The van der Waals surface area contributed by atoms with Crippen LogP contribution in [-0.4, -0.2) is 4.98 Å². The van der Waals surface area contributed by atoms with Gasteiger partial charge >= 0.3 is 6.18 Å². The van der Waals surface area contributed by atoms with Crippen molar-refractivity contribution in [2.45, 2.75) is 6.18 Å². The monoisotopic (exact) mass is 273 g/mol. The minimum Gasteiger partial charge on any atom is -0.322 e. The lowest BCUT2D eigenvalue weighted by Gasteiger charge is -2.10. The van der Waals surface area contributed by atoms with Crippen molar-refractivity contribution in [1.29, 1.82) is 0 Å². The minimum absolute atomic E-state index is 0.254. The summed E-state index contributed by atoms with van der Waals surface area (Å²) in [6, 6.07) is 7.76. The van der Waals surface area contributed by atoms with Crippen molar-refractivity contribution in [1.82, 2.24) is 4.98 Å². The number of benzene rings is 1. The van der Waals surface area contributed by atoms with E-state index in [4.69, 9.17) is 11.6 Å². The number of nitrogens with one attached hydrogen (secondary N) is 1. The van der Waals surface area contributed by atoms with Crippen LogP contribution in [0, 0.1) is 0 Å². The maximum Gasteiger partial charge on any atom is 0.417 e. The molecule has 0 unspecified atom stereocenters. The number of aromatic amines is 1. The van der Waals surface area contributed by atoms with Crippen molar-refractivity contribution in [3.8, 4) is 11.3 Å². The highest BCUT2D eigenvalue weighted by Crippen LogP contribution is 2.36. The van der Waals surface area contributed by atoms with E-state index in [1.165, 1.54) is 24.3 Å². The molecule has 0 fully saturated rings. The van der Waals surface area contributed by atoms with Gasteiger partial charge in [0.1, 0.15) is 0 Å². The fraction of sp³-hybridized carbons (Fsp3) is 0.0833. The molecular formula is C12H7ClF3NO. The minimum atomic E-state index is -4.53. The standard InChI is InChI=1S/C12H7ClF3NO/c13-9-5-4-7(6-8(9)12(14,15)16)10-2-1-3-11(18)17-10/h1-6H,(H,17,18). The molecule has 6 heteroatoms. The summed E-state index contributed by atoms with van der Waals surface area (Å²) in [6.07, 6.45) is -4.53. The first-order valence-electron chi connectivity index (χ1n) is 4.94. The van der Waals surface area contributed by atoms with Crippen LogP contribution in [0.25, 0.3) is 11.3 Å². The van der Waals surface area contributed by atoms with Crippen LogP contribution in [0.15, 0.2) is 41.2 Å². The number of hydrogen-bond donors (Lipinski definition) is 1. The van der Waals surface area contributed by atoms with E-state index in [0.29, 0.717) is 5.69 Å². The Kier molecular flexibility index (Phi) is 3.17. The van der Waals surface area contributed by atoms with Crippen molar-refractivity contribution in [2.75, 3.05) is 0 Å². The molecule has 0 saturated carbocycles. The van der Waals surface area contributed by atoms with E-state index < -0.39 is 11.7 Å². The van der Waals surface area contributed by atoms with Crippen LogP contribution in [0.4, 0.5) is 13.2 Å². The van der Waals surface area contributed by atoms with Crippen molar-refractivity contribution in [3.05, 3.63) is 57.3 Å². The number of halogens is 4. The molecule has 0 spiro atoms. The summed E-state index contributed by atoms with van der Waals surface area (Å²) in [5.74, 6) is 0. The Morgan fingerprint density at radius 2 is 1.83 bits per heavy atom. The average Bonchev–Trinajstić information content (AvgIpc) is 2.28. The lowest BCUT2D eigenvalue weighted by molar-refractivity contribution is -0.137. The number of hydrogen-bond acceptors (Lipinski definition) is 1. The van der Waals surface area contributed by atoms with E-state index in [0.717, 1.165) is 12.1 Å². The summed E-state index contributed by atoms with van der Waals surface area (Å²) in [4.78, 5) is 13.6. The Labute approximate surface area is 105 Å². The van der Waals surface area contributed by atoms with Gasteiger partial charge in [-0.15, -0.1) is 0 Å². The van der Waals surface area contributed by atoms with Gasteiger partial charge in [0.2, 0.25) is 5.56 Å². The number of aromatic nitrogens is 1. The van der Waals surface area contributed by atoms with Crippen molar-refractivity contribution < 1.29 is 13.2 Å². The van der Waals surface area contributed by atoms with Gasteiger partial charge in [-0.2, -0.15) is 13.2 Å². The number of rotatable bonds is 1. The summed E-state index contributed by atoms with van der Waals surface area (Å²) < 4.78 is 38.0. The highest BCUT2D eigenvalue weighted by molar-refractivity contribution is 6.31. The Bertz CT molecular complexity index is 634. The second-order valence-corrected chi connectivity index (χ2v) is 4.03. The van der Waals surface area contributed by atoms with Gasteiger partial charge in [-0.3, -0.25) is 4.79 Å². The number of pyridine rings is 1. The summed E-state index contributed by atoms with van der Waals surface area (Å²) in [5.41, 5.74) is -0.739. The molecule has 0 aliphatic heterocycles. The Hall–Kier alpha value is -1.75. The molecule has 0 bridgehead atoms. The normalized spacial score (nSPS) is 11.6. The second kappa shape index (κ2) is 4.49. The average molecular weight is 274 g/mol.